The van der Waals surface area contributed by atoms with Crippen LogP contribution in [-0.2, 0) is 25.1 Å². The minimum atomic E-state index is -3.66. The average molecular weight is 521 g/mol. The summed E-state index contributed by atoms with van der Waals surface area (Å²) < 4.78 is 40.3. The van der Waals surface area contributed by atoms with E-state index in [1.54, 1.807) is 13.8 Å². The summed E-state index contributed by atoms with van der Waals surface area (Å²) in [4.78, 5) is 13.0. The predicted molar refractivity (Wildman–Crippen MR) is 131 cm³/mol. The first-order valence-corrected chi connectivity index (χ1v) is 13.5. The first-order chi connectivity index (χ1) is 16.7. The molecule has 0 amide bonds. The van der Waals surface area contributed by atoms with Gasteiger partial charge in [-0.2, -0.15) is 0 Å². The van der Waals surface area contributed by atoms with Crippen LogP contribution in [0.2, 0.25) is 5.02 Å². The molecule has 188 valence electrons. The Morgan fingerprint density at radius 3 is 2.54 bits per heavy atom. The van der Waals surface area contributed by atoms with Crippen molar-refractivity contribution in [1.82, 2.24) is 29.7 Å². The zero-order chi connectivity index (χ0) is 25.2. The lowest BCUT2D eigenvalue weighted by Gasteiger charge is -2.30. The van der Waals surface area contributed by atoms with E-state index in [0.717, 1.165) is 5.69 Å². The monoisotopic (exact) mass is 520 g/mol. The van der Waals surface area contributed by atoms with Gasteiger partial charge in [0.05, 0.1) is 36.1 Å². The molecular formula is C23H29ClN6O4S. The van der Waals surface area contributed by atoms with Gasteiger partial charge in [0, 0.05) is 24.0 Å². The van der Waals surface area contributed by atoms with E-state index in [1.165, 1.54) is 12.4 Å². The number of rotatable bonds is 8. The van der Waals surface area contributed by atoms with Gasteiger partial charge in [0.1, 0.15) is 29.2 Å². The van der Waals surface area contributed by atoms with Crippen molar-refractivity contribution < 1.29 is 17.9 Å². The minimum Gasteiger partial charge on any atom is -0.376 e. The SMILES string of the molecule is Cc1cccc(-c2nnc(CS(=O)(=O)[C@@H](C)[C@H](C)c3ncc(Cl)cn3)n2[C@H](C)[C@@H]2COCCO2)n1. The van der Waals surface area contributed by atoms with Crippen molar-refractivity contribution in [3.63, 3.8) is 0 Å². The van der Waals surface area contributed by atoms with Crippen molar-refractivity contribution in [2.24, 2.45) is 0 Å². The fourth-order valence-electron chi connectivity index (χ4n) is 4.03. The van der Waals surface area contributed by atoms with E-state index >= 15 is 0 Å². The molecule has 4 rings (SSSR count). The molecule has 1 saturated heterocycles. The summed E-state index contributed by atoms with van der Waals surface area (Å²) in [6.07, 6.45) is 2.65. The number of aryl methyl sites for hydroxylation is 1. The molecule has 10 nitrogen and oxygen atoms in total. The summed E-state index contributed by atoms with van der Waals surface area (Å²) in [5, 5.41) is 8.28. The average Bonchev–Trinajstić information content (AvgIpc) is 3.26. The van der Waals surface area contributed by atoms with Crippen molar-refractivity contribution >= 4 is 21.4 Å². The lowest BCUT2D eigenvalue weighted by Crippen LogP contribution is -2.36. The van der Waals surface area contributed by atoms with Crippen LogP contribution < -0.4 is 0 Å². The lowest BCUT2D eigenvalue weighted by molar-refractivity contribution is -0.105. The molecule has 3 aromatic heterocycles. The molecular weight excluding hydrogens is 492 g/mol. The molecule has 3 aromatic rings. The number of aromatic nitrogens is 6. The summed E-state index contributed by atoms with van der Waals surface area (Å²) in [6.45, 7) is 8.68. The molecule has 35 heavy (non-hydrogen) atoms. The third kappa shape index (κ3) is 5.69. The van der Waals surface area contributed by atoms with Crippen molar-refractivity contribution in [3.05, 3.63) is 53.0 Å². The van der Waals surface area contributed by atoms with Crippen LogP contribution in [0.3, 0.4) is 0 Å². The second kappa shape index (κ2) is 10.7. The molecule has 0 aliphatic carbocycles. The normalized spacial score (nSPS) is 19.3. The molecule has 0 radical (unpaired) electrons. The van der Waals surface area contributed by atoms with Crippen LogP contribution in [-0.4, -0.2) is 69.3 Å². The number of pyridine rings is 1. The Kier molecular flexibility index (Phi) is 7.80. The van der Waals surface area contributed by atoms with E-state index in [2.05, 4.69) is 25.1 Å². The molecule has 1 aliphatic heterocycles. The van der Waals surface area contributed by atoms with Gasteiger partial charge in [-0.05, 0) is 32.9 Å². The first kappa shape index (κ1) is 25.6. The van der Waals surface area contributed by atoms with Crippen molar-refractivity contribution in [3.8, 4) is 11.5 Å². The van der Waals surface area contributed by atoms with Crippen molar-refractivity contribution in [2.75, 3.05) is 19.8 Å². The number of ether oxygens (including phenoxy) is 2. The third-order valence-electron chi connectivity index (χ3n) is 6.32. The van der Waals surface area contributed by atoms with Gasteiger partial charge in [0.15, 0.2) is 15.7 Å². The highest BCUT2D eigenvalue weighted by Crippen LogP contribution is 2.29. The van der Waals surface area contributed by atoms with E-state index < -0.39 is 21.0 Å². The predicted octanol–water partition coefficient (Wildman–Crippen LogP) is 3.18. The first-order valence-electron chi connectivity index (χ1n) is 11.4. The van der Waals surface area contributed by atoms with E-state index in [0.29, 0.717) is 48.0 Å². The number of halogens is 1. The van der Waals surface area contributed by atoms with E-state index in [4.69, 9.17) is 21.1 Å². The summed E-state index contributed by atoms with van der Waals surface area (Å²) in [6, 6.07) is 5.33. The Labute approximate surface area is 210 Å². The molecule has 4 heterocycles. The number of hydrogen-bond donors (Lipinski definition) is 0. The van der Waals surface area contributed by atoms with Gasteiger partial charge in [-0.3, -0.25) is 0 Å². The maximum absolute atomic E-state index is 13.5. The fraction of sp³-hybridized carbons (Fsp3) is 0.522. The molecule has 0 bridgehead atoms. The van der Waals surface area contributed by atoms with Crippen molar-refractivity contribution in [1.29, 1.82) is 0 Å². The molecule has 4 atom stereocenters. The van der Waals surface area contributed by atoms with E-state index in [9.17, 15) is 8.42 Å². The molecule has 0 aromatic carbocycles. The van der Waals surface area contributed by atoms with Gasteiger partial charge in [-0.15, -0.1) is 10.2 Å². The topological polar surface area (TPSA) is 122 Å². The highest BCUT2D eigenvalue weighted by molar-refractivity contribution is 7.91. The fourth-order valence-corrected chi connectivity index (χ4v) is 5.69. The lowest BCUT2D eigenvalue weighted by atomic mass is 10.1. The Morgan fingerprint density at radius 1 is 1.14 bits per heavy atom. The van der Waals surface area contributed by atoms with Gasteiger partial charge < -0.3 is 14.0 Å². The van der Waals surface area contributed by atoms with Gasteiger partial charge in [0.25, 0.3) is 0 Å². The van der Waals surface area contributed by atoms with E-state index in [-0.39, 0.29) is 17.9 Å². The van der Waals surface area contributed by atoms with E-state index in [1.807, 2.05) is 36.6 Å². The molecule has 12 heteroatoms. The zero-order valence-electron chi connectivity index (χ0n) is 20.1. The molecule has 1 aliphatic rings. The molecule has 0 spiro atoms. The molecule has 1 fully saturated rings. The minimum absolute atomic E-state index is 0.274. The molecule has 0 saturated carbocycles. The van der Waals surface area contributed by atoms with Crippen LogP contribution in [0, 0.1) is 6.92 Å². The Bertz CT molecular complexity index is 1260. The van der Waals surface area contributed by atoms with Gasteiger partial charge in [-0.1, -0.05) is 24.6 Å². The zero-order valence-corrected chi connectivity index (χ0v) is 21.7. The van der Waals surface area contributed by atoms with Crippen LogP contribution in [0.25, 0.3) is 11.5 Å². The van der Waals surface area contributed by atoms with Gasteiger partial charge >= 0.3 is 0 Å². The molecule has 0 N–H and O–H groups in total. The number of nitrogens with zero attached hydrogens (tertiary/aromatic N) is 6. The highest BCUT2D eigenvalue weighted by Gasteiger charge is 2.34. The standard InChI is InChI=1S/C23H29ClN6O4S/c1-14-6-5-7-19(27-14)23-29-28-21(30(23)16(3)20-12-33-8-9-34-20)13-35(31,32)17(4)15(2)22-25-10-18(24)11-26-22/h5-7,10-11,15-17,20H,8-9,12-13H2,1-4H3/t15-,16+,17-,20-/m0/s1. The van der Waals surface area contributed by atoms with Crippen LogP contribution in [0.5, 0.6) is 0 Å². The van der Waals surface area contributed by atoms with Crippen LogP contribution in [0.15, 0.2) is 30.6 Å². The number of sulfone groups is 1. The summed E-state index contributed by atoms with van der Waals surface area (Å²) in [7, 11) is -3.66. The Balaban J connectivity index is 1.68. The van der Waals surface area contributed by atoms with Gasteiger partial charge in [-0.25, -0.2) is 23.4 Å². The second-order valence-electron chi connectivity index (χ2n) is 8.76. The van der Waals surface area contributed by atoms with Gasteiger partial charge in [0.2, 0.25) is 0 Å². The second-order valence-corrected chi connectivity index (χ2v) is 11.6. The Hall–Kier alpha value is -2.47. The maximum Gasteiger partial charge on any atom is 0.182 e. The summed E-state index contributed by atoms with van der Waals surface area (Å²) in [5.41, 5.74) is 1.43. The van der Waals surface area contributed by atoms with Crippen LogP contribution in [0.1, 0.15) is 50.1 Å². The maximum atomic E-state index is 13.5. The van der Waals surface area contributed by atoms with Crippen LogP contribution >= 0.6 is 11.6 Å². The highest BCUT2D eigenvalue weighted by atomic mass is 35.5. The summed E-state index contributed by atoms with van der Waals surface area (Å²) in [5.74, 6) is 0.475. The van der Waals surface area contributed by atoms with Crippen LogP contribution in [0.4, 0.5) is 0 Å². The number of hydrogen-bond acceptors (Lipinski definition) is 9. The summed E-state index contributed by atoms with van der Waals surface area (Å²) >= 11 is 5.88. The quantitative estimate of drug-likeness (QED) is 0.440. The molecule has 0 unspecified atom stereocenters. The van der Waals surface area contributed by atoms with Crippen molar-refractivity contribution in [2.45, 2.75) is 56.8 Å². The Morgan fingerprint density at radius 2 is 1.89 bits per heavy atom. The third-order valence-corrected chi connectivity index (χ3v) is 8.72. The smallest absolute Gasteiger partial charge is 0.182 e. The largest absolute Gasteiger partial charge is 0.376 e.